The second-order valence-electron chi connectivity index (χ2n) is 10.2. The molecule has 2 fully saturated rings. The summed E-state index contributed by atoms with van der Waals surface area (Å²) in [5.74, 6) is 0.0362. The topological polar surface area (TPSA) is 152 Å². The highest BCUT2D eigenvalue weighted by atomic mass is 16.2. The molecule has 1 aromatic carbocycles. The SMILES string of the molecule is CC(C)(N)C(=O)N1CCN(C(=O)Nc2ccn(-c3ccc(CN[C@@H]4CCC(N)C4)cc3)c(=O)n2)CC1. The van der Waals surface area contributed by atoms with Gasteiger partial charge >= 0.3 is 11.7 Å². The van der Waals surface area contributed by atoms with Crippen molar-refractivity contribution in [3.05, 3.63) is 52.6 Å². The number of nitrogens with zero attached hydrogens (tertiary/aromatic N) is 4. The van der Waals surface area contributed by atoms with Gasteiger partial charge in [0.15, 0.2) is 0 Å². The van der Waals surface area contributed by atoms with Crippen LogP contribution in [0.25, 0.3) is 5.69 Å². The molecule has 1 unspecified atom stereocenters. The molecule has 36 heavy (non-hydrogen) atoms. The van der Waals surface area contributed by atoms with Crippen LogP contribution in [0.4, 0.5) is 10.6 Å². The number of amides is 3. The zero-order valence-corrected chi connectivity index (χ0v) is 20.9. The molecule has 1 saturated carbocycles. The summed E-state index contributed by atoms with van der Waals surface area (Å²) in [5.41, 5.74) is 12.3. The van der Waals surface area contributed by atoms with Gasteiger partial charge in [-0.05, 0) is 56.9 Å². The number of hydrogen-bond donors (Lipinski definition) is 4. The molecule has 11 nitrogen and oxygen atoms in total. The van der Waals surface area contributed by atoms with Crippen LogP contribution >= 0.6 is 0 Å². The normalized spacial score (nSPS) is 20.4. The maximum absolute atomic E-state index is 12.6. The van der Waals surface area contributed by atoms with Crippen molar-refractivity contribution >= 4 is 17.8 Å². The molecule has 194 valence electrons. The van der Waals surface area contributed by atoms with E-state index in [2.05, 4.69) is 15.6 Å². The van der Waals surface area contributed by atoms with Crippen molar-refractivity contribution in [2.24, 2.45) is 11.5 Å². The molecule has 3 amide bonds. The molecule has 2 aliphatic rings. The summed E-state index contributed by atoms with van der Waals surface area (Å²) in [7, 11) is 0. The first-order chi connectivity index (χ1) is 17.1. The fourth-order valence-electron chi connectivity index (χ4n) is 4.62. The maximum atomic E-state index is 12.6. The van der Waals surface area contributed by atoms with Gasteiger partial charge in [-0.2, -0.15) is 4.98 Å². The van der Waals surface area contributed by atoms with Crippen LogP contribution in [0.1, 0.15) is 38.7 Å². The van der Waals surface area contributed by atoms with Crippen LogP contribution in [0, 0.1) is 0 Å². The summed E-state index contributed by atoms with van der Waals surface area (Å²) in [6, 6.07) is 9.70. The Morgan fingerprint density at radius 1 is 1.06 bits per heavy atom. The summed E-state index contributed by atoms with van der Waals surface area (Å²) in [4.78, 5) is 44.9. The van der Waals surface area contributed by atoms with Crippen LogP contribution in [0.2, 0.25) is 0 Å². The van der Waals surface area contributed by atoms with E-state index in [1.165, 1.54) is 4.57 Å². The number of nitrogens with one attached hydrogen (secondary N) is 2. The smallest absolute Gasteiger partial charge is 0.338 e. The Morgan fingerprint density at radius 2 is 1.72 bits per heavy atom. The zero-order valence-electron chi connectivity index (χ0n) is 20.9. The van der Waals surface area contributed by atoms with E-state index in [4.69, 9.17) is 11.5 Å². The third kappa shape index (κ3) is 6.28. The second-order valence-corrected chi connectivity index (χ2v) is 10.2. The number of hydrogen-bond acceptors (Lipinski definition) is 7. The largest absolute Gasteiger partial charge is 0.354 e. The van der Waals surface area contributed by atoms with Crippen molar-refractivity contribution in [2.45, 2.75) is 57.3 Å². The highest BCUT2D eigenvalue weighted by Crippen LogP contribution is 2.18. The number of nitrogens with two attached hydrogens (primary N) is 2. The lowest BCUT2D eigenvalue weighted by molar-refractivity contribution is -0.137. The van der Waals surface area contributed by atoms with Gasteiger partial charge in [-0.25, -0.2) is 9.59 Å². The van der Waals surface area contributed by atoms with E-state index in [0.717, 1.165) is 31.4 Å². The fraction of sp³-hybridized carbons (Fsp3) is 0.520. The molecule has 2 atom stereocenters. The van der Waals surface area contributed by atoms with Gasteiger partial charge in [-0.15, -0.1) is 0 Å². The quantitative estimate of drug-likeness (QED) is 0.457. The number of rotatable bonds is 6. The summed E-state index contributed by atoms with van der Waals surface area (Å²) in [6.45, 7) is 5.65. The Bertz CT molecular complexity index is 1130. The fourth-order valence-corrected chi connectivity index (χ4v) is 4.62. The van der Waals surface area contributed by atoms with Gasteiger partial charge in [-0.3, -0.25) is 14.7 Å². The first kappa shape index (κ1) is 25.8. The minimum absolute atomic E-state index is 0.143. The number of carbonyl (C=O) groups is 2. The molecule has 2 aromatic rings. The molecule has 1 aliphatic heterocycles. The number of piperazine rings is 1. The first-order valence-electron chi connectivity index (χ1n) is 12.4. The zero-order chi connectivity index (χ0) is 25.9. The molecular formula is C25H36N8O3. The number of benzene rings is 1. The van der Waals surface area contributed by atoms with E-state index in [9.17, 15) is 14.4 Å². The average molecular weight is 497 g/mol. The lowest BCUT2D eigenvalue weighted by atomic mass is 10.1. The molecular weight excluding hydrogens is 460 g/mol. The van der Waals surface area contributed by atoms with Crippen LogP contribution in [-0.2, 0) is 11.3 Å². The number of carbonyl (C=O) groups excluding carboxylic acids is 2. The van der Waals surface area contributed by atoms with E-state index in [-0.39, 0.29) is 17.8 Å². The minimum atomic E-state index is -0.945. The van der Waals surface area contributed by atoms with Gasteiger partial charge in [0.05, 0.1) is 11.2 Å². The molecule has 0 spiro atoms. The van der Waals surface area contributed by atoms with E-state index in [1.807, 2.05) is 24.3 Å². The van der Waals surface area contributed by atoms with Gasteiger partial charge in [0.1, 0.15) is 5.82 Å². The summed E-state index contributed by atoms with van der Waals surface area (Å²) in [5, 5.41) is 6.21. The molecule has 6 N–H and O–H groups in total. The molecule has 0 bridgehead atoms. The molecule has 11 heteroatoms. The minimum Gasteiger partial charge on any atom is -0.338 e. The monoisotopic (exact) mass is 496 g/mol. The molecule has 0 radical (unpaired) electrons. The Labute approximate surface area is 210 Å². The maximum Gasteiger partial charge on any atom is 0.354 e. The predicted octanol–water partition coefficient (Wildman–Crippen LogP) is 0.615. The molecule has 1 aromatic heterocycles. The van der Waals surface area contributed by atoms with Crippen LogP contribution < -0.4 is 27.8 Å². The lowest BCUT2D eigenvalue weighted by Crippen LogP contribution is -2.58. The summed E-state index contributed by atoms with van der Waals surface area (Å²) < 4.78 is 1.43. The van der Waals surface area contributed by atoms with Gasteiger partial charge < -0.3 is 26.6 Å². The number of urea groups is 1. The van der Waals surface area contributed by atoms with Crippen LogP contribution in [0.3, 0.4) is 0 Å². The summed E-state index contributed by atoms with van der Waals surface area (Å²) >= 11 is 0. The molecule has 1 saturated heterocycles. The van der Waals surface area contributed by atoms with E-state index < -0.39 is 11.2 Å². The van der Waals surface area contributed by atoms with Gasteiger partial charge in [0.25, 0.3) is 0 Å². The highest BCUT2D eigenvalue weighted by molar-refractivity contribution is 5.89. The molecule has 1 aliphatic carbocycles. The highest BCUT2D eigenvalue weighted by Gasteiger charge is 2.31. The molecule has 4 rings (SSSR count). The third-order valence-corrected chi connectivity index (χ3v) is 6.73. The van der Waals surface area contributed by atoms with Crippen molar-refractivity contribution in [2.75, 3.05) is 31.5 Å². The Morgan fingerprint density at radius 3 is 2.31 bits per heavy atom. The van der Waals surface area contributed by atoms with Crippen LogP contribution in [0.5, 0.6) is 0 Å². The average Bonchev–Trinajstić information content (AvgIpc) is 3.27. The van der Waals surface area contributed by atoms with Crippen molar-refractivity contribution in [1.82, 2.24) is 24.7 Å². The standard InChI is InChI=1S/C25H36N8O3/c1-25(2,27)22(34)31-11-13-32(14-12-31)23(35)29-21-9-10-33(24(36)30-21)20-7-3-17(4-8-20)16-28-19-6-5-18(26)15-19/h3-4,7-10,18-19,28H,5-6,11-16,26-27H2,1-2H3,(H,29,30,35,36)/t18?,19-/m1/s1. The van der Waals surface area contributed by atoms with Gasteiger partial charge in [0, 0.05) is 51.0 Å². The van der Waals surface area contributed by atoms with Crippen molar-refractivity contribution in [1.29, 1.82) is 0 Å². The lowest BCUT2D eigenvalue weighted by Gasteiger charge is -2.37. The van der Waals surface area contributed by atoms with Gasteiger partial charge in [-0.1, -0.05) is 12.1 Å². The predicted molar refractivity (Wildman–Crippen MR) is 138 cm³/mol. The van der Waals surface area contributed by atoms with E-state index in [0.29, 0.717) is 44.0 Å². The number of anilines is 1. The van der Waals surface area contributed by atoms with Crippen molar-refractivity contribution < 1.29 is 9.59 Å². The first-order valence-corrected chi connectivity index (χ1v) is 12.4. The third-order valence-electron chi connectivity index (χ3n) is 6.73. The van der Waals surface area contributed by atoms with Crippen LogP contribution in [-0.4, -0.2) is 75.1 Å². The number of aromatic nitrogens is 2. The van der Waals surface area contributed by atoms with E-state index >= 15 is 0 Å². The summed E-state index contributed by atoms with van der Waals surface area (Å²) in [6.07, 6.45) is 4.77. The van der Waals surface area contributed by atoms with Gasteiger partial charge in [0.2, 0.25) is 5.91 Å². The Hall–Kier alpha value is -3.28. The molecule has 2 heterocycles. The Kier molecular flexibility index (Phi) is 7.72. The van der Waals surface area contributed by atoms with E-state index in [1.54, 1.807) is 35.9 Å². The second kappa shape index (κ2) is 10.8. The van der Waals surface area contributed by atoms with Crippen molar-refractivity contribution in [3.63, 3.8) is 0 Å². The Balaban J connectivity index is 1.31. The van der Waals surface area contributed by atoms with Crippen LogP contribution in [0.15, 0.2) is 41.3 Å². The van der Waals surface area contributed by atoms with Crippen molar-refractivity contribution in [3.8, 4) is 5.69 Å².